The van der Waals surface area contributed by atoms with Crippen LogP contribution in [0, 0.1) is 5.82 Å². The number of hydrogen-bond acceptors (Lipinski definition) is 3. The van der Waals surface area contributed by atoms with Gasteiger partial charge in [0.15, 0.2) is 0 Å². The van der Waals surface area contributed by atoms with Crippen LogP contribution in [0.1, 0.15) is 25.5 Å². The van der Waals surface area contributed by atoms with E-state index in [9.17, 15) is 14.0 Å². The number of carbonyl (C=O) groups excluding carboxylic acids is 1. The molecular formula is C14H18FNO3S. The van der Waals surface area contributed by atoms with Gasteiger partial charge in [-0.05, 0) is 31.5 Å². The lowest BCUT2D eigenvalue weighted by molar-refractivity contribution is -0.133. The topological polar surface area (TPSA) is 57.6 Å². The van der Waals surface area contributed by atoms with E-state index >= 15 is 0 Å². The number of carboxylic acids is 1. The standard InChI is InChI=1S/C14H18FNO3S/c1-3-16(13(17)8-20-9-14(18)19)10(2)11-4-6-12(15)7-5-11/h4-7,10H,3,8-9H2,1-2H3,(H,18,19). The van der Waals surface area contributed by atoms with Crippen LogP contribution in [0.15, 0.2) is 24.3 Å². The summed E-state index contributed by atoms with van der Waals surface area (Å²) in [7, 11) is 0. The van der Waals surface area contributed by atoms with Crippen molar-refractivity contribution < 1.29 is 19.1 Å². The predicted molar refractivity (Wildman–Crippen MR) is 77.2 cm³/mol. The maximum Gasteiger partial charge on any atom is 0.313 e. The largest absolute Gasteiger partial charge is 0.481 e. The van der Waals surface area contributed by atoms with Gasteiger partial charge in [0.05, 0.1) is 17.5 Å². The molecule has 1 N–H and O–H groups in total. The Balaban J connectivity index is 2.66. The molecule has 0 aliphatic carbocycles. The first-order valence-corrected chi connectivity index (χ1v) is 7.45. The SMILES string of the molecule is CCN(C(=O)CSCC(=O)O)C(C)c1ccc(F)cc1. The Morgan fingerprint density at radius 1 is 1.30 bits per heavy atom. The van der Waals surface area contributed by atoms with Gasteiger partial charge in [-0.15, -0.1) is 11.8 Å². The number of benzene rings is 1. The Morgan fingerprint density at radius 3 is 2.40 bits per heavy atom. The van der Waals surface area contributed by atoms with Gasteiger partial charge >= 0.3 is 5.97 Å². The maximum absolute atomic E-state index is 12.9. The molecular weight excluding hydrogens is 281 g/mol. The van der Waals surface area contributed by atoms with Crippen molar-refractivity contribution in [1.82, 2.24) is 4.90 Å². The number of hydrogen-bond donors (Lipinski definition) is 1. The molecule has 1 amide bonds. The van der Waals surface area contributed by atoms with Crippen molar-refractivity contribution in [3.63, 3.8) is 0 Å². The van der Waals surface area contributed by atoms with E-state index in [1.807, 2.05) is 13.8 Å². The Morgan fingerprint density at radius 2 is 1.90 bits per heavy atom. The fourth-order valence-corrected chi connectivity index (χ4v) is 2.51. The normalized spacial score (nSPS) is 11.9. The molecule has 0 saturated carbocycles. The van der Waals surface area contributed by atoms with Gasteiger partial charge in [-0.1, -0.05) is 12.1 Å². The average Bonchev–Trinajstić information content (AvgIpc) is 2.39. The van der Waals surface area contributed by atoms with Crippen LogP contribution in [-0.2, 0) is 9.59 Å². The maximum atomic E-state index is 12.9. The summed E-state index contributed by atoms with van der Waals surface area (Å²) in [6, 6.07) is 5.87. The lowest BCUT2D eigenvalue weighted by Gasteiger charge is -2.28. The third-order valence-electron chi connectivity index (χ3n) is 2.93. The number of halogens is 1. The molecule has 1 aromatic rings. The van der Waals surface area contributed by atoms with Crippen LogP contribution in [-0.4, -0.2) is 39.9 Å². The fraction of sp³-hybridized carbons (Fsp3) is 0.429. The molecule has 1 atom stereocenters. The Bertz CT molecular complexity index is 464. The minimum Gasteiger partial charge on any atom is -0.481 e. The highest BCUT2D eigenvalue weighted by Crippen LogP contribution is 2.21. The van der Waals surface area contributed by atoms with Crippen molar-refractivity contribution in [2.24, 2.45) is 0 Å². The minimum atomic E-state index is -0.933. The van der Waals surface area contributed by atoms with Gasteiger partial charge in [-0.2, -0.15) is 0 Å². The van der Waals surface area contributed by atoms with Gasteiger partial charge in [0.25, 0.3) is 0 Å². The van der Waals surface area contributed by atoms with Crippen LogP contribution in [0.3, 0.4) is 0 Å². The molecule has 1 aromatic carbocycles. The molecule has 110 valence electrons. The zero-order valence-corrected chi connectivity index (χ0v) is 12.3. The lowest BCUT2D eigenvalue weighted by Crippen LogP contribution is -2.34. The average molecular weight is 299 g/mol. The second-order valence-electron chi connectivity index (χ2n) is 4.29. The van der Waals surface area contributed by atoms with E-state index in [-0.39, 0.29) is 29.3 Å². The van der Waals surface area contributed by atoms with Gasteiger partial charge in [-0.25, -0.2) is 4.39 Å². The van der Waals surface area contributed by atoms with Crippen molar-refractivity contribution in [2.75, 3.05) is 18.1 Å². The van der Waals surface area contributed by atoms with E-state index in [1.165, 1.54) is 12.1 Å². The third kappa shape index (κ3) is 4.85. The zero-order valence-electron chi connectivity index (χ0n) is 11.5. The second kappa shape index (κ2) is 7.89. The number of rotatable bonds is 7. The molecule has 0 aliphatic heterocycles. The number of carbonyl (C=O) groups is 2. The van der Waals surface area contributed by atoms with Crippen molar-refractivity contribution >= 4 is 23.6 Å². The van der Waals surface area contributed by atoms with Gasteiger partial charge < -0.3 is 10.0 Å². The molecule has 1 rings (SSSR count). The number of aliphatic carboxylic acids is 1. The molecule has 0 radical (unpaired) electrons. The highest BCUT2D eigenvalue weighted by Gasteiger charge is 2.20. The Kier molecular flexibility index (Phi) is 6.51. The van der Waals surface area contributed by atoms with Crippen molar-refractivity contribution in [2.45, 2.75) is 19.9 Å². The molecule has 0 fully saturated rings. The first kappa shape index (κ1) is 16.5. The number of amides is 1. The highest BCUT2D eigenvalue weighted by atomic mass is 32.2. The van der Waals surface area contributed by atoms with Crippen molar-refractivity contribution in [1.29, 1.82) is 0 Å². The van der Waals surface area contributed by atoms with E-state index in [0.29, 0.717) is 6.54 Å². The molecule has 0 heterocycles. The van der Waals surface area contributed by atoms with E-state index in [4.69, 9.17) is 5.11 Å². The van der Waals surface area contributed by atoms with Crippen LogP contribution in [0.4, 0.5) is 4.39 Å². The molecule has 4 nitrogen and oxygen atoms in total. The second-order valence-corrected chi connectivity index (χ2v) is 5.28. The predicted octanol–water partition coefficient (Wildman–Crippen LogP) is 2.55. The van der Waals surface area contributed by atoms with Gasteiger partial charge in [-0.3, -0.25) is 9.59 Å². The van der Waals surface area contributed by atoms with Crippen LogP contribution in [0.2, 0.25) is 0 Å². The fourth-order valence-electron chi connectivity index (χ4n) is 1.90. The molecule has 6 heteroatoms. The van der Waals surface area contributed by atoms with Crippen LogP contribution in [0.5, 0.6) is 0 Å². The van der Waals surface area contributed by atoms with Crippen LogP contribution in [0.25, 0.3) is 0 Å². The summed E-state index contributed by atoms with van der Waals surface area (Å²) in [6.07, 6.45) is 0. The molecule has 0 bridgehead atoms. The summed E-state index contributed by atoms with van der Waals surface area (Å²) in [5, 5.41) is 8.55. The van der Waals surface area contributed by atoms with E-state index in [2.05, 4.69) is 0 Å². The van der Waals surface area contributed by atoms with Crippen LogP contribution < -0.4 is 0 Å². The van der Waals surface area contributed by atoms with Crippen molar-refractivity contribution in [3.8, 4) is 0 Å². The molecule has 0 aromatic heterocycles. The third-order valence-corrected chi connectivity index (χ3v) is 3.83. The van der Waals surface area contributed by atoms with E-state index < -0.39 is 5.97 Å². The summed E-state index contributed by atoms with van der Waals surface area (Å²) < 4.78 is 12.9. The van der Waals surface area contributed by atoms with Gasteiger partial charge in [0, 0.05) is 6.54 Å². The zero-order chi connectivity index (χ0) is 15.1. The molecule has 0 aliphatic rings. The highest BCUT2D eigenvalue weighted by molar-refractivity contribution is 8.00. The Labute approximate surface area is 122 Å². The van der Waals surface area contributed by atoms with Gasteiger partial charge in [0.2, 0.25) is 5.91 Å². The summed E-state index contributed by atoms with van der Waals surface area (Å²) in [5.41, 5.74) is 0.852. The summed E-state index contributed by atoms with van der Waals surface area (Å²) in [5.74, 6) is -1.32. The number of nitrogens with zero attached hydrogens (tertiary/aromatic N) is 1. The first-order chi connectivity index (χ1) is 9.45. The monoisotopic (exact) mass is 299 g/mol. The number of carboxylic acid groups (broad SMARTS) is 1. The first-order valence-electron chi connectivity index (χ1n) is 6.30. The van der Waals surface area contributed by atoms with E-state index in [1.54, 1.807) is 17.0 Å². The lowest BCUT2D eigenvalue weighted by atomic mass is 10.1. The Hall–Kier alpha value is -1.56. The number of thioether (sulfide) groups is 1. The smallest absolute Gasteiger partial charge is 0.313 e. The summed E-state index contributed by atoms with van der Waals surface area (Å²) >= 11 is 1.08. The molecule has 0 saturated heterocycles. The summed E-state index contributed by atoms with van der Waals surface area (Å²) in [4.78, 5) is 24.2. The molecule has 1 unspecified atom stereocenters. The van der Waals surface area contributed by atoms with Crippen LogP contribution >= 0.6 is 11.8 Å². The minimum absolute atomic E-state index is 0.0891. The van der Waals surface area contributed by atoms with Crippen molar-refractivity contribution in [3.05, 3.63) is 35.6 Å². The molecule has 20 heavy (non-hydrogen) atoms. The van der Waals surface area contributed by atoms with Gasteiger partial charge in [0.1, 0.15) is 5.82 Å². The quantitative estimate of drug-likeness (QED) is 0.840. The summed E-state index contributed by atoms with van der Waals surface area (Å²) in [6.45, 7) is 4.25. The van der Waals surface area contributed by atoms with E-state index in [0.717, 1.165) is 17.3 Å². The molecule has 0 spiro atoms.